The SMILES string of the molecule is C[C@H](NCCO)[C@H](O[Si](C)(C)C(C)(C)C)c1ccccc1. The van der Waals surface area contributed by atoms with Gasteiger partial charge in [0, 0.05) is 12.6 Å². The van der Waals surface area contributed by atoms with E-state index in [1.54, 1.807) is 0 Å². The lowest BCUT2D eigenvalue weighted by Gasteiger charge is -2.41. The van der Waals surface area contributed by atoms with Crippen molar-refractivity contribution in [2.24, 2.45) is 0 Å². The number of aliphatic hydroxyl groups excluding tert-OH is 1. The summed E-state index contributed by atoms with van der Waals surface area (Å²) in [7, 11) is -1.86. The first-order chi connectivity index (χ1) is 9.69. The van der Waals surface area contributed by atoms with Crippen LogP contribution >= 0.6 is 0 Å². The van der Waals surface area contributed by atoms with Gasteiger partial charge in [-0.25, -0.2) is 0 Å². The molecule has 0 aliphatic heterocycles. The fraction of sp³-hybridized carbons (Fsp3) is 0.647. The Kier molecular flexibility index (Phi) is 6.59. The molecule has 0 amide bonds. The highest BCUT2D eigenvalue weighted by molar-refractivity contribution is 6.74. The largest absolute Gasteiger partial charge is 0.408 e. The van der Waals surface area contributed by atoms with Crippen LogP contribution in [0.25, 0.3) is 0 Å². The first-order valence-electron chi connectivity index (χ1n) is 7.76. The van der Waals surface area contributed by atoms with Gasteiger partial charge in [-0.05, 0) is 30.6 Å². The third-order valence-electron chi connectivity index (χ3n) is 4.39. The van der Waals surface area contributed by atoms with Gasteiger partial charge in [0.2, 0.25) is 0 Å². The van der Waals surface area contributed by atoms with Crippen LogP contribution in [0.3, 0.4) is 0 Å². The van der Waals surface area contributed by atoms with Crippen LogP contribution in [0.2, 0.25) is 18.1 Å². The molecule has 3 nitrogen and oxygen atoms in total. The maximum Gasteiger partial charge on any atom is 0.192 e. The van der Waals surface area contributed by atoms with E-state index in [0.717, 1.165) is 0 Å². The molecule has 0 unspecified atom stereocenters. The molecule has 0 radical (unpaired) electrons. The van der Waals surface area contributed by atoms with Crippen LogP contribution in [0.15, 0.2) is 30.3 Å². The van der Waals surface area contributed by atoms with Crippen LogP contribution in [-0.2, 0) is 4.43 Å². The molecule has 0 aromatic heterocycles. The summed E-state index contributed by atoms with van der Waals surface area (Å²) in [6.07, 6.45) is 0.0126. The van der Waals surface area contributed by atoms with Gasteiger partial charge in [0.25, 0.3) is 0 Å². The van der Waals surface area contributed by atoms with Crippen molar-refractivity contribution in [3.8, 4) is 0 Å². The summed E-state index contributed by atoms with van der Waals surface area (Å²) in [6.45, 7) is 14.2. The average molecular weight is 310 g/mol. The van der Waals surface area contributed by atoms with Crippen molar-refractivity contribution in [3.63, 3.8) is 0 Å². The number of hydrogen-bond donors (Lipinski definition) is 2. The lowest BCUT2D eigenvalue weighted by molar-refractivity contribution is 0.139. The van der Waals surface area contributed by atoms with E-state index in [0.29, 0.717) is 6.54 Å². The highest BCUT2D eigenvalue weighted by Gasteiger charge is 2.40. The molecule has 0 saturated heterocycles. The number of aliphatic hydroxyl groups is 1. The summed E-state index contributed by atoms with van der Waals surface area (Å²) in [4.78, 5) is 0. The van der Waals surface area contributed by atoms with E-state index in [2.05, 4.69) is 70.4 Å². The monoisotopic (exact) mass is 309 g/mol. The van der Waals surface area contributed by atoms with Gasteiger partial charge >= 0.3 is 0 Å². The van der Waals surface area contributed by atoms with Crippen molar-refractivity contribution in [1.29, 1.82) is 0 Å². The summed E-state index contributed by atoms with van der Waals surface area (Å²) in [5.41, 5.74) is 1.19. The third-order valence-corrected chi connectivity index (χ3v) is 8.84. The summed E-state index contributed by atoms with van der Waals surface area (Å²) in [5.74, 6) is 0. The quantitative estimate of drug-likeness (QED) is 0.754. The summed E-state index contributed by atoms with van der Waals surface area (Å²) < 4.78 is 6.64. The number of hydrogen-bond acceptors (Lipinski definition) is 3. The number of nitrogens with one attached hydrogen (secondary N) is 1. The lowest BCUT2D eigenvalue weighted by Crippen LogP contribution is -2.46. The van der Waals surface area contributed by atoms with Crippen molar-refractivity contribution < 1.29 is 9.53 Å². The molecule has 0 bridgehead atoms. The topological polar surface area (TPSA) is 41.5 Å². The first-order valence-corrected chi connectivity index (χ1v) is 10.7. The molecule has 0 saturated carbocycles. The fourth-order valence-corrected chi connectivity index (χ4v) is 3.32. The van der Waals surface area contributed by atoms with Crippen molar-refractivity contribution in [2.45, 2.75) is 58.0 Å². The Morgan fingerprint density at radius 3 is 2.24 bits per heavy atom. The number of benzene rings is 1. The molecule has 0 spiro atoms. The second-order valence-electron chi connectivity index (χ2n) is 7.18. The van der Waals surface area contributed by atoms with E-state index in [4.69, 9.17) is 9.53 Å². The molecule has 0 fully saturated rings. The molecule has 1 aromatic carbocycles. The van der Waals surface area contributed by atoms with Gasteiger partial charge in [-0.15, -0.1) is 0 Å². The Hall–Kier alpha value is -0.683. The van der Waals surface area contributed by atoms with Crippen molar-refractivity contribution in [1.82, 2.24) is 5.32 Å². The maximum absolute atomic E-state index is 9.03. The summed E-state index contributed by atoms with van der Waals surface area (Å²) >= 11 is 0. The van der Waals surface area contributed by atoms with Crippen LogP contribution in [0.1, 0.15) is 39.4 Å². The first kappa shape index (κ1) is 18.4. The molecule has 0 aliphatic rings. The minimum absolute atomic E-state index is 0.0126. The third kappa shape index (κ3) is 5.22. The normalized spacial score (nSPS) is 15.8. The molecule has 21 heavy (non-hydrogen) atoms. The zero-order valence-corrected chi connectivity index (χ0v) is 15.3. The molecule has 2 atom stereocenters. The summed E-state index contributed by atoms with van der Waals surface area (Å²) in [5, 5.41) is 12.6. The van der Waals surface area contributed by atoms with E-state index in [1.165, 1.54) is 5.56 Å². The Labute approximate surface area is 130 Å². The smallest absolute Gasteiger partial charge is 0.192 e. The molecule has 120 valence electrons. The van der Waals surface area contributed by atoms with Crippen LogP contribution in [0.5, 0.6) is 0 Å². The van der Waals surface area contributed by atoms with Crippen LogP contribution in [0, 0.1) is 0 Å². The van der Waals surface area contributed by atoms with Crippen molar-refractivity contribution in [2.75, 3.05) is 13.2 Å². The Balaban J connectivity index is 2.98. The van der Waals surface area contributed by atoms with Gasteiger partial charge in [-0.1, -0.05) is 51.1 Å². The van der Waals surface area contributed by atoms with Crippen LogP contribution in [-0.4, -0.2) is 32.6 Å². The highest BCUT2D eigenvalue weighted by Crippen LogP contribution is 2.40. The van der Waals surface area contributed by atoms with Crippen LogP contribution in [0.4, 0.5) is 0 Å². The Bertz CT molecular complexity index is 415. The van der Waals surface area contributed by atoms with E-state index in [-0.39, 0.29) is 23.8 Å². The maximum atomic E-state index is 9.03. The van der Waals surface area contributed by atoms with Crippen molar-refractivity contribution >= 4 is 8.32 Å². The van der Waals surface area contributed by atoms with Crippen molar-refractivity contribution in [3.05, 3.63) is 35.9 Å². The zero-order chi connectivity index (χ0) is 16.1. The van der Waals surface area contributed by atoms with Gasteiger partial charge in [0.1, 0.15) is 0 Å². The predicted molar refractivity (Wildman–Crippen MR) is 92.0 cm³/mol. The summed E-state index contributed by atoms with van der Waals surface area (Å²) in [6, 6.07) is 10.5. The number of rotatable bonds is 7. The average Bonchev–Trinajstić information content (AvgIpc) is 2.42. The molecular weight excluding hydrogens is 278 g/mol. The molecule has 4 heteroatoms. The second kappa shape index (κ2) is 7.54. The molecule has 0 heterocycles. The standard InChI is InChI=1S/C17H31NO2Si/c1-14(18-12-13-19)16(15-10-8-7-9-11-15)20-21(5,6)17(2,3)4/h7-11,14,16,18-19H,12-13H2,1-6H3/t14-,16-/m0/s1. The Morgan fingerprint density at radius 2 is 1.76 bits per heavy atom. The predicted octanol–water partition coefficient (Wildman–Crippen LogP) is 3.72. The van der Waals surface area contributed by atoms with Gasteiger partial charge in [0.15, 0.2) is 8.32 Å². The van der Waals surface area contributed by atoms with Gasteiger partial charge in [-0.2, -0.15) is 0 Å². The van der Waals surface area contributed by atoms with E-state index < -0.39 is 8.32 Å². The zero-order valence-electron chi connectivity index (χ0n) is 14.3. The fourth-order valence-electron chi connectivity index (χ4n) is 1.99. The van der Waals surface area contributed by atoms with Crippen LogP contribution < -0.4 is 5.32 Å². The van der Waals surface area contributed by atoms with Gasteiger partial charge < -0.3 is 14.8 Å². The molecule has 2 N–H and O–H groups in total. The molecule has 1 rings (SSSR count). The van der Waals surface area contributed by atoms with E-state index >= 15 is 0 Å². The lowest BCUT2D eigenvalue weighted by atomic mass is 10.0. The molecule has 0 aliphatic carbocycles. The Morgan fingerprint density at radius 1 is 1.19 bits per heavy atom. The molecular formula is C17H31NO2Si. The van der Waals surface area contributed by atoms with Gasteiger partial charge in [0.05, 0.1) is 12.7 Å². The van der Waals surface area contributed by atoms with E-state index in [1.807, 2.05) is 6.07 Å². The van der Waals surface area contributed by atoms with Gasteiger partial charge in [-0.3, -0.25) is 0 Å². The minimum Gasteiger partial charge on any atom is -0.408 e. The highest BCUT2D eigenvalue weighted by atomic mass is 28.4. The minimum atomic E-state index is -1.86. The second-order valence-corrected chi connectivity index (χ2v) is 11.9. The molecule has 1 aromatic rings. The van der Waals surface area contributed by atoms with E-state index in [9.17, 15) is 0 Å².